The Hall–Kier alpha value is -1.88. The summed E-state index contributed by atoms with van der Waals surface area (Å²) in [5.74, 6) is -1.04. The molecule has 24 heavy (non-hydrogen) atoms. The number of hydrogen-bond donors (Lipinski definition) is 2. The minimum atomic E-state index is -0.907. The zero-order valence-corrected chi connectivity index (χ0v) is 15.3. The third kappa shape index (κ3) is 7.59. The number of hydrogen-bond acceptors (Lipinski definition) is 3. The van der Waals surface area contributed by atoms with Crippen molar-refractivity contribution in [3.8, 4) is 0 Å². The van der Waals surface area contributed by atoms with Crippen molar-refractivity contribution in [2.75, 3.05) is 26.2 Å². The molecule has 1 amide bonds. The summed E-state index contributed by atoms with van der Waals surface area (Å²) < 4.78 is 0. The highest BCUT2D eigenvalue weighted by molar-refractivity contribution is 5.79. The van der Waals surface area contributed by atoms with Crippen LogP contribution in [-0.4, -0.2) is 48.1 Å². The molecule has 0 aliphatic rings. The van der Waals surface area contributed by atoms with Crippen LogP contribution in [0.4, 0.5) is 0 Å². The third-order valence-electron chi connectivity index (χ3n) is 3.82. The topological polar surface area (TPSA) is 69.6 Å². The van der Waals surface area contributed by atoms with Crippen LogP contribution in [0.3, 0.4) is 0 Å². The maximum absolute atomic E-state index is 11.9. The van der Waals surface area contributed by atoms with E-state index in [0.29, 0.717) is 13.1 Å². The number of carbonyl (C=O) groups is 2. The number of carboxylic acid groups (broad SMARTS) is 1. The van der Waals surface area contributed by atoms with Crippen molar-refractivity contribution < 1.29 is 14.7 Å². The quantitative estimate of drug-likeness (QED) is 0.728. The molecule has 0 fully saturated rings. The lowest BCUT2D eigenvalue weighted by atomic mass is 9.86. The molecule has 1 aromatic carbocycles. The summed E-state index contributed by atoms with van der Waals surface area (Å²) in [7, 11) is 0. The van der Waals surface area contributed by atoms with Crippen molar-refractivity contribution >= 4 is 11.9 Å². The molecule has 0 spiro atoms. The fourth-order valence-electron chi connectivity index (χ4n) is 2.50. The van der Waals surface area contributed by atoms with Crippen LogP contribution in [-0.2, 0) is 21.4 Å². The Kier molecular flexibility index (Phi) is 7.92. The molecule has 0 aromatic heterocycles. The molecule has 0 aliphatic carbocycles. The SMILES string of the molecule is CCCN(CC(=O)O)CC(=O)NCCc1ccc(C(C)(C)C)cc1. The molecule has 0 aliphatic heterocycles. The molecular weight excluding hydrogens is 304 g/mol. The molecule has 0 saturated heterocycles. The van der Waals surface area contributed by atoms with Crippen LogP contribution in [0.1, 0.15) is 45.2 Å². The number of rotatable bonds is 9. The Bertz CT molecular complexity index is 533. The van der Waals surface area contributed by atoms with E-state index in [1.165, 1.54) is 11.1 Å². The summed E-state index contributed by atoms with van der Waals surface area (Å²) in [5.41, 5.74) is 2.61. The van der Waals surface area contributed by atoms with Crippen LogP contribution < -0.4 is 5.32 Å². The van der Waals surface area contributed by atoms with Gasteiger partial charge >= 0.3 is 5.97 Å². The lowest BCUT2D eigenvalue weighted by Gasteiger charge is -2.19. The van der Waals surface area contributed by atoms with Crippen molar-refractivity contribution in [2.45, 2.75) is 46.0 Å². The Balaban J connectivity index is 2.40. The van der Waals surface area contributed by atoms with Gasteiger partial charge in [0.05, 0.1) is 13.1 Å². The highest BCUT2D eigenvalue weighted by atomic mass is 16.4. The van der Waals surface area contributed by atoms with E-state index in [1.54, 1.807) is 4.90 Å². The van der Waals surface area contributed by atoms with Gasteiger partial charge in [0.15, 0.2) is 0 Å². The van der Waals surface area contributed by atoms with Crippen molar-refractivity contribution in [1.29, 1.82) is 0 Å². The lowest BCUT2D eigenvalue weighted by Crippen LogP contribution is -2.40. The maximum Gasteiger partial charge on any atom is 0.317 e. The fraction of sp³-hybridized carbons (Fsp3) is 0.579. The number of carboxylic acids is 1. The number of amides is 1. The third-order valence-corrected chi connectivity index (χ3v) is 3.82. The van der Waals surface area contributed by atoms with E-state index in [4.69, 9.17) is 5.11 Å². The molecule has 5 heteroatoms. The lowest BCUT2D eigenvalue weighted by molar-refractivity contribution is -0.138. The van der Waals surface area contributed by atoms with Crippen LogP contribution in [0.15, 0.2) is 24.3 Å². The molecule has 1 aromatic rings. The standard InChI is InChI=1S/C19H30N2O3/c1-5-12-21(14-18(23)24)13-17(22)20-11-10-15-6-8-16(9-7-15)19(2,3)4/h6-9H,5,10-14H2,1-4H3,(H,20,22)(H,23,24). The number of carbonyl (C=O) groups excluding carboxylic acids is 1. The Labute approximate surface area is 145 Å². The van der Waals surface area contributed by atoms with E-state index in [2.05, 4.69) is 50.4 Å². The average Bonchev–Trinajstić information content (AvgIpc) is 2.46. The van der Waals surface area contributed by atoms with Gasteiger partial charge in [0.2, 0.25) is 5.91 Å². The number of nitrogens with zero attached hydrogens (tertiary/aromatic N) is 1. The molecule has 0 saturated carbocycles. The smallest absolute Gasteiger partial charge is 0.317 e. The summed E-state index contributed by atoms with van der Waals surface area (Å²) in [6.45, 7) is 9.70. The van der Waals surface area contributed by atoms with Crippen molar-refractivity contribution in [3.05, 3.63) is 35.4 Å². The summed E-state index contributed by atoms with van der Waals surface area (Å²) in [5, 5.41) is 11.7. The molecule has 134 valence electrons. The van der Waals surface area contributed by atoms with Gasteiger partial charge in [0.1, 0.15) is 0 Å². The summed E-state index contributed by atoms with van der Waals surface area (Å²) in [6, 6.07) is 8.46. The van der Waals surface area contributed by atoms with E-state index < -0.39 is 5.97 Å². The zero-order chi connectivity index (χ0) is 18.2. The Morgan fingerprint density at radius 3 is 2.25 bits per heavy atom. The molecule has 2 N–H and O–H groups in total. The Morgan fingerprint density at radius 2 is 1.75 bits per heavy atom. The monoisotopic (exact) mass is 334 g/mol. The van der Waals surface area contributed by atoms with Crippen LogP contribution in [0.25, 0.3) is 0 Å². The first-order valence-corrected chi connectivity index (χ1v) is 8.52. The van der Waals surface area contributed by atoms with E-state index in [0.717, 1.165) is 12.8 Å². The normalized spacial score (nSPS) is 11.5. The van der Waals surface area contributed by atoms with Gasteiger partial charge in [-0.05, 0) is 35.9 Å². The minimum absolute atomic E-state index is 0.102. The molecular formula is C19H30N2O3. The predicted molar refractivity (Wildman–Crippen MR) is 96.2 cm³/mol. The van der Waals surface area contributed by atoms with Gasteiger partial charge in [-0.2, -0.15) is 0 Å². The molecule has 0 bridgehead atoms. The molecule has 0 atom stereocenters. The highest BCUT2D eigenvalue weighted by Crippen LogP contribution is 2.22. The molecule has 0 heterocycles. The Morgan fingerprint density at radius 1 is 1.12 bits per heavy atom. The summed E-state index contributed by atoms with van der Waals surface area (Å²) in [4.78, 5) is 24.4. The van der Waals surface area contributed by atoms with Crippen molar-refractivity contribution in [2.24, 2.45) is 0 Å². The molecule has 1 rings (SSSR count). The minimum Gasteiger partial charge on any atom is -0.480 e. The average molecular weight is 334 g/mol. The van der Waals surface area contributed by atoms with Gasteiger partial charge in [-0.25, -0.2) is 0 Å². The summed E-state index contributed by atoms with van der Waals surface area (Å²) >= 11 is 0. The second-order valence-corrected chi connectivity index (χ2v) is 7.15. The fourth-order valence-corrected chi connectivity index (χ4v) is 2.50. The summed E-state index contributed by atoms with van der Waals surface area (Å²) in [6.07, 6.45) is 1.59. The van der Waals surface area contributed by atoms with Crippen molar-refractivity contribution in [1.82, 2.24) is 10.2 Å². The van der Waals surface area contributed by atoms with Crippen molar-refractivity contribution in [3.63, 3.8) is 0 Å². The van der Waals surface area contributed by atoms with Gasteiger partial charge < -0.3 is 10.4 Å². The van der Waals surface area contributed by atoms with Crippen LogP contribution in [0, 0.1) is 0 Å². The first kappa shape index (κ1) is 20.2. The van der Waals surface area contributed by atoms with E-state index in [-0.39, 0.29) is 24.4 Å². The van der Waals surface area contributed by atoms with Crippen LogP contribution in [0.2, 0.25) is 0 Å². The van der Waals surface area contributed by atoms with Gasteiger partial charge in [0.25, 0.3) is 0 Å². The largest absolute Gasteiger partial charge is 0.480 e. The van der Waals surface area contributed by atoms with Gasteiger partial charge in [-0.15, -0.1) is 0 Å². The second-order valence-electron chi connectivity index (χ2n) is 7.15. The molecule has 0 radical (unpaired) electrons. The van der Waals surface area contributed by atoms with Crippen LogP contribution in [0.5, 0.6) is 0 Å². The van der Waals surface area contributed by atoms with Gasteiger partial charge in [-0.1, -0.05) is 52.0 Å². The molecule has 5 nitrogen and oxygen atoms in total. The maximum atomic E-state index is 11.9. The highest BCUT2D eigenvalue weighted by Gasteiger charge is 2.14. The van der Waals surface area contributed by atoms with Gasteiger partial charge in [0, 0.05) is 6.54 Å². The van der Waals surface area contributed by atoms with E-state index >= 15 is 0 Å². The van der Waals surface area contributed by atoms with E-state index in [9.17, 15) is 9.59 Å². The number of nitrogens with one attached hydrogen (secondary N) is 1. The van der Waals surface area contributed by atoms with Crippen LogP contribution >= 0.6 is 0 Å². The first-order valence-electron chi connectivity index (χ1n) is 8.52. The number of aliphatic carboxylic acids is 1. The molecule has 0 unspecified atom stereocenters. The first-order chi connectivity index (χ1) is 11.2. The number of benzene rings is 1. The van der Waals surface area contributed by atoms with E-state index in [1.807, 2.05) is 6.92 Å². The van der Waals surface area contributed by atoms with Gasteiger partial charge in [-0.3, -0.25) is 14.5 Å². The second kappa shape index (κ2) is 9.42. The predicted octanol–water partition coefficient (Wildman–Crippen LogP) is 2.44. The zero-order valence-electron chi connectivity index (χ0n) is 15.3.